The largest absolute Gasteiger partial charge is 0.489 e. The van der Waals surface area contributed by atoms with Gasteiger partial charge >= 0.3 is 11.9 Å². The third-order valence-electron chi connectivity index (χ3n) is 10.4. The van der Waals surface area contributed by atoms with Gasteiger partial charge in [-0.25, -0.2) is 9.59 Å². The molecule has 0 amide bonds. The molecule has 0 aromatic heterocycles. The van der Waals surface area contributed by atoms with Gasteiger partial charge in [-0.05, 0) is 73.2 Å². The fraction of sp³-hybridized carbons (Fsp3) is 0.362. The second-order valence-electron chi connectivity index (χ2n) is 15.2. The minimum Gasteiger partial charge on any atom is -0.489 e. The molecule has 4 aromatic rings. The van der Waals surface area contributed by atoms with E-state index in [1.807, 2.05) is 99.6 Å². The summed E-state index contributed by atoms with van der Waals surface area (Å²) in [4.78, 5) is 23.6. The van der Waals surface area contributed by atoms with E-state index in [1.165, 1.54) is 0 Å². The molecular weight excluding hydrogens is 763 g/mol. The van der Waals surface area contributed by atoms with Crippen LogP contribution in [0, 0.1) is 0 Å². The monoisotopic (exact) mass is 816 g/mol. The van der Waals surface area contributed by atoms with E-state index in [2.05, 4.69) is 33.1 Å². The Morgan fingerprint density at radius 2 is 1.14 bits per heavy atom. The summed E-state index contributed by atoms with van der Waals surface area (Å²) in [5, 5.41) is 22.6. The zero-order valence-electron chi connectivity index (χ0n) is 33.6. The zero-order valence-corrected chi connectivity index (χ0v) is 35.2. The molecule has 0 aliphatic heterocycles. The molecule has 4 aromatic carbocycles. The highest BCUT2D eigenvalue weighted by Gasteiger charge is 2.34. The van der Waals surface area contributed by atoms with Crippen LogP contribution in [0.5, 0.6) is 11.5 Å². The Balaban J connectivity index is 1.75. The molecule has 57 heavy (non-hydrogen) atoms. The van der Waals surface area contributed by atoms with Crippen LogP contribution in [-0.4, -0.2) is 58.8 Å². The van der Waals surface area contributed by atoms with Crippen molar-refractivity contribution in [2.45, 2.75) is 96.1 Å². The van der Waals surface area contributed by atoms with E-state index in [-0.39, 0.29) is 26.1 Å². The highest BCUT2D eigenvalue weighted by molar-refractivity contribution is 6.33. The maximum Gasteiger partial charge on any atom is 0.330 e. The number of halogens is 2. The average Bonchev–Trinajstić information content (AvgIpc) is 3.20. The van der Waals surface area contributed by atoms with Crippen molar-refractivity contribution >= 4 is 35.1 Å². The molecule has 10 heteroatoms. The second-order valence-corrected chi connectivity index (χ2v) is 16.0. The predicted octanol–water partition coefficient (Wildman–Crippen LogP) is 10.7. The minimum absolute atomic E-state index is 0.0886. The number of benzene rings is 4. The fourth-order valence-corrected chi connectivity index (χ4v) is 7.10. The van der Waals surface area contributed by atoms with Crippen LogP contribution in [-0.2, 0) is 24.5 Å². The van der Waals surface area contributed by atoms with Gasteiger partial charge in [0.25, 0.3) is 0 Å². The van der Waals surface area contributed by atoms with Gasteiger partial charge in [0.2, 0.25) is 0 Å². The van der Waals surface area contributed by atoms with Crippen molar-refractivity contribution in [3.8, 4) is 33.8 Å². The van der Waals surface area contributed by atoms with Gasteiger partial charge in [-0.15, -0.1) is 0 Å². The molecule has 0 radical (unpaired) electrons. The first-order valence-electron chi connectivity index (χ1n) is 19.1. The van der Waals surface area contributed by atoms with Gasteiger partial charge in [-0.1, -0.05) is 125 Å². The van der Waals surface area contributed by atoms with Crippen molar-refractivity contribution in [3.05, 3.63) is 131 Å². The lowest BCUT2D eigenvalue weighted by molar-refractivity contribution is -0.155. The van der Waals surface area contributed by atoms with Crippen LogP contribution >= 0.6 is 23.2 Å². The lowest BCUT2D eigenvalue weighted by atomic mass is 9.76. The lowest BCUT2D eigenvalue weighted by Gasteiger charge is -2.34. The molecule has 0 fully saturated rings. The molecule has 0 saturated carbocycles. The quantitative estimate of drug-likeness (QED) is 0.0670. The lowest BCUT2D eigenvalue weighted by Crippen LogP contribution is -2.38. The summed E-state index contributed by atoms with van der Waals surface area (Å²) in [6, 6.07) is 27.4. The number of esters is 2. The SMILES string of the molecule is C=CC(=O)OCC(O)CC(C)(CC)Oc1c(Cl)cc(C(C)(C)c2cc(Cl)c(OCC(O)C[C@@](C)(CC)OC(=O)C=C)c(-c3ccccc3)c2)cc1-c1ccccc1. The van der Waals surface area contributed by atoms with Crippen molar-refractivity contribution < 1.29 is 38.7 Å². The number of carbonyl (C=O) groups is 2. The van der Waals surface area contributed by atoms with E-state index < -0.39 is 40.8 Å². The summed E-state index contributed by atoms with van der Waals surface area (Å²) >= 11 is 14.3. The van der Waals surface area contributed by atoms with E-state index in [0.717, 1.165) is 45.5 Å². The third kappa shape index (κ3) is 11.7. The Bertz CT molecular complexity index is 2020. The number of aliphatic hydroxyl groups excluding tert-OH is 2. The Hall–Kier alpha value is -4.60. The standard InChI is InChI=1S/C47H54Cl2O8/c1-9-41(52)54-29-35(50)28-47(8,12-4)57-44-38(32-21-17-14-18-22-32)24-34(26-40(44)49)45(5,6)33-23-37(31-19-15-13-16-20-31)43(39(48)25-33)55-30-36(51)27-46(7,11-3)56-42(53)10-2/h9-10,13-26,35-36,50-51H,1-2,11-12,27-30H2,3-8H3/t35?,36?,46-,47?/m1/s1. The Morgan fingerprint density at radius 1 is 0.684 bits per heavy atom. The maximum absolute atomic E-state index is 12.0. The van der Waals surface area contributed by atoms with Gasteiger partial charge in [-0.3, -0.25) is 0 Å². The molecule has 0 aliphatic rings. The molecule has 0 aliphatic carbocycles. The first kappa shape index (κ1) is 45.1. The number of rotatable bonds is 20. The van der Waals surface area contributed by atoms with E-state index in [1.54, 1.807) is 6.92 Å². The number of carbonyl (C=O) groups excluding carboxylic acids is 2. The molecule has 0 spiro atoms. The van der Waals surface area contributed by atoms with Crippen LogP contribution in [0.2, 0.25) is 10.0 Å². The zero-order chi connectivity index (χ0) is 42.0. The number of hydrogen-bond acceptors (Lipinski definition) is 8. The predicted molar refractivity (Wildman–Crippen MR) is 228 cm³/mol. The molecule has 0 saturated heterocycles. The molecule has 3 unspecified atom stereocenters. The Labute approximate surface area is 347 Å². The van der Waals surface area contributed by atoms with Crippen molar-refractivity contribution in [1.82, 2.24) is 0 Å². The van der Waals surface area contributed by atoms with Crippen LogP contribution in [0.15, 0.2) is 110 Å². The first-order chi connectivity index (χ1) is 27.0. The average molecular weight is 818 g/mol. The fourth-order valence-electron chi connectivity index (χ4n) is 6.57. The maximum atomic E-state index is 12.0. The minimum atomic E-state index is -0.978. The Morgan fingerprint density at radius 3 is 1.63 bits per heavy atom. The highest BCUT2D eigenvalue weighted by Crippen LogP contribution is 2.47. The summed E-state index contributed by atoms with van der Waals surface area (Å²) in [7, 11) is 0. The van der Waals surface area contributed by atoms with E-state index >= 15 is 0 Å². The van der Waals surface area contributed by atoms with Crippen molar-refractivity contribution in [2.75, 3.05) is 13.2 Å². The van der Waals surface area contributed by atoms with Gasteiger partial charge < -0.3 is 29.2 Å². The van der Waals surface area contributed by atoms with Gasteiger partial charge in [-0.2, -0.15) is 0 Å². The van der Waals surface area contributed by atoms with Crippen LogP contribution in [0.1, 0.15) is 78.4 Å². The van der Waals surface area contributed by atoms with Crippen LogP contribution in [0.25, 0.3) is 22.3 Å². The number of aliphatic hydroxyl groups is 2. The third-order valence-corrected chi connectivity index (χ3v) is 11.0. The summed E-state index contributed by atoms with van der Waals surface area (Å²) in [6.45, 7) is 18.3. The molecule has 304 valence electrons. The normalized spacial score (nSPS) is 14.6. The number of ether oxygens (including phenoxy) is 4. The van der Waals surface area contributed by atoms with Crippen molar-refractivity contribution in [3.63, 3.8) is 0 Å². The molecule has 0 heterocycles. The molecule has 0 bridgehead atoms. The van der Waals surface area contributed by atoms with Crippen molar-refractivity contribution in [2.24, 2.45) is 0 Å². The van der Waals surface area contributed by atoms with E-state index in [4.69, 9.17) is 42.1 Å². The van der Waals surface area contributed by atoms with Gasteiger partial charge in [0.05, 0.1) is 22.3 Å². The van der Waals surface area contributed by atoms with Crippen LogP contribution in [0.3, 0.4) is 0 Å². The van der Waals surface area contributed by atoms with Gasteiger partial charge in [0, 0.05) is 41.5 Å². The van der Waals surface area contributed by atoms with E-state index in [0.29, 0.717) is 34.4 Å². The summed E-state index contributed by atoms with van der Waals surface area (Å²) in [5.74, 6) is -0.292. The molecule has 8 nitrogen and oxygen atoms in total. The van der Waals surface area contributed by atoms with Crippen LogP contribution in [0.4, 0.5) is 0 Å². The first-order valence-corrected chi connectivity index (χ1v) is 19.8. The smallest absolute Gasteiger partial charge is 0.330 e. The van der Waals surface area contributed by atoms with Crippen molar-refractivity contribution in [1.29, 1.82) is 0 Å². The Kier molecular flexibility index (Phi) is 15.6. The summed E-state index contributed by atoms with van der Waals surface area (Å²) < 4.78 is 23.6. The molecular formula is C47H54Cl2O8. The molecule has 4 rings (SSSR count). The second kappa shape index (κ2) is 19.7. The molecule has 4 atom stereocenters. The summed E-state index contributed by atoms with van der Waals surface area (Å²) in [5.41, 5.74) is 2.59. The number of hydrogen-bond donors (Lipinski definition) is 2. The summed E-state index contributed by atoms with van der Waals surface area (Å²) in [6.07, 6.45) is 1.57. The molecule has 2 N–H and O–H groups in total. The van der Waals surface area contributed by atoms with Gasteiger partial charge in [0.15, 0.2) is 0 Å². The highest BCUT2D eigenvalue weighted by atomic mass is 35.5. The van der Waals surface area contributed by atoms with Crippen LogP contribution < -0.4 is 9.47 Å². The topological polar surface area (TPSA) is 112 Å². The van der Waals surface area contributed by atoms with Gasteiger partial charge in [0.1, 0.15) is 35.9 Å². The van der Waals surface area contributed by atoms with E-state index in [9.17, 15) is 19.8 Å².